The van der Waals surface area contributed by atoms with Crippen LogP contribution in [0.1, 0.15) is 25.8 Å². The predicted octanol–water partition coefficient (Wildman–Crippen LogP) is 0.184. The summed E-state index contributed by atoms with van der Waals surface area (Å²) >= 11 is 3.94. The second-order valence-corrected chi connectivity index (χ2v) is 8.27. The summed E-state index contributed by atoms with van der Waals surface area (Å²) in [7, 11) is 0. The highest BCUT2D eigenvalue weighted by molar-refractivity contribution is 7.80. The number of hydrogen-bond acceptors (Lipinski definition) is 6. The standard InChI is InChI=1S/C22H31N5O5S/c1-3-12(2)19(22(31)32)27-21(30)17(26-18(28)10-25-20(29)15(23)11-33)8-13-9-24-16-7-5-4-6-14(13)16/h4-7,9,12,15,17,19,24,33H,3,8,10-11,23H2,1-2H3,(H,25,29)(H,26,28)(H,27,30)(H,31,32). The minimum atomic E-state index is -1.15. The number of rotatable bonds is 12. The maximum atomic E-state index is 13.1. The monoisotopic (exact) mass is 477 g/mol. The van der Waals surface area contributed by atoms with Gasteiger partial charge in [0.15, 0.2) is 0 Å². The van der Waals surface area contributed by atoms with Crippen molar-refractivity contribution in [2.24, 2.45) is 11.7 Å². The smallest absolute Gasteiger partial charge is 0.326 e. The number of amides is 3. The molecule has 0 bridgehead atoms. The molecule has 7 N–H and O–H groups in total. The number of benzene rings is 1. The van der Waals surface area contributed by atoms with Crippen LogP contribution in [-0.2, 0) is 25.6 Å². The second kappa shape index (κ2) is 12.3. The number of para-hydroxylation sites is 1. The van der Waals surface area contributed by atoms with E-state index in [1.807, 2.05) is 31.2 Å². The van der Waals surface area contributed by atoms with Crippen molar-refractivity contribution >= 4 is 47.2 Å². The van der Waals surface area contributed by atoms with E-state index in [0.29, 0.717) is 6.42 Å². The van der Waals surface area contributed by atoms with Gasteiger partial charge in [-0.3, -0.25) is 14.4 Å². The number of nitrogens with one attached hydrogen (secondary N) is 4. The second-order valence-electron chi connectivity index (χ2n) is 7.90. The number of aromatic amines is 1. The lowest BCUT2D eigenvalue weighted by molar-refractivity contribution is -0.143. The fourth-order valence-corrected chi connectivity index (χ4v) is 3.46. The summed E-state index contributed by atoms with van der Waals surface area (Å²) in [6, 6.07) is 4.48. The van der Waals surface area contributed by atoms with Crippen molar-refractivity contribution in [1.82, 2.24) is 20.9 Å². The van der Waals surface area contributed by atoms with Crippen LogP contribution in [-0.4, -0.2) is 64.2 Å². The van der Waals surface area contributed by atoms with Crippen LogP contribution in [0.25, 0.3) is 10.9 Å². The largest absolute Gasteiger partial charge is 0.480 e. The lowest BCUT2D eigenvalue weighted by Crippen LogP contribution is -2.55. The van der Waals surface area contributed by atoms with Crippen molar-refractivity contribution in [3.8, 4) is 0 Å². The summed E-state index contributed by atoms with van der Waals surface area (Å²) in [6.45, 7) is 3.18. The Morgan fingerprint density at radius 3 is 2.48 bits per heavy atom. The Hall–Kier alpha value is -3.05. The Balaban J connectivity index is 2.19. The van der Waals surface area contributed by atoms with Gasteiger partial charge in [0.05, 0.1) is 12.6 Å². The van der Waals surface area contributed by atoms with Crippen LogP contribution in [0.15, 0.2) is 30.5 Å². The van der Waals surface area contributed by atoms with E-state index in [1.54, 1.807) is 13.1 Å². The number of carboxylic acid groups (broad SMARTS) is 1. The number of carbonyl (C=O) groups is 4. The van der Waals surface area contributed by atoms with E-state index in [-0.39, 0.29) is 24.6 Å². The van der Waals surface area contributed by atoms with Crippen LogP contribution in [0.4, 0.5) is 0 Å². The number of aliphatic carboxylic acids is 1. The molecule has 0 radical (unpaired) electrons. The molecule has 0 saturated carbocycles. The Labute approximate surface area is 197 Å². The van der Waals surface area contributed by atoms with Gasteiger partial charge in [-0.25, -0.2) is 4.79 Å². The average Bonchev–Trinajstić information content (AvgIpc) is 3.21. The van der Waals surface area contributed by atoms with Crippen molar-refractivity contribution in [3.05, 3.63) is 36.0 Å². The molecule has 11 heteroatoms. The number of carboxylic acids is 1. The summed E-state index contributed by atoms with van der Waals surface area (Å²) in [6.07, 6.45) is 2.42. The zero-order chi connectivity index (χ0) is 24.5. The van der Waals surface area contributed by atoms with Crippen LogP contribution in [0.3, 0.4) is 0 Å². The van der Waals surface area contributed by atoms with Gasteiger partial charge in [-0.2, -0.15) is 12.6 Å². The molecule has 180 valence electrons. The van der Waals surface area contributed by atoms with E-state index in [1.165, 1.54) is 0 Å². The summed E-state index contributed by atoms with van der Waals surface area (Å²) in [5.41, 5.74) is 7.23. The van der Waals surface area contributed by atoms with Crippen LogP contribution in [0.2, 0.25) is 0 Å². The van der Waals surface area contributed by atoms with Gasteiger partial charge in [-0.15, -0.1) is 0 Å². The molecule has 3 amide bonds. The van der Waals surface area contributed by atoms with Crippen molar-refractivity contribution in [3.63, 3.8) is 0 Å². The zero-order valence-corrected chi connectivity index (χ0v) is 19.5. The molecule has 0 aliphatic carbocycles. The lowest BCUT2D eigenvalue weighted by Gasteiger charge is -2.24. The third-order valence-corrected chi connectivity index (χ3v) is 5.88. The molecule has 0 spiro atoms. The molecule has 0 saturated heterocycles. The van der Waals surface area contributed by atoms with Gasteiger partial charge >= 0.3 is 5.97 Å². The first-order valence-corrected chi connectivity index (χ1v) is 11.3. The van der Waals surface area contributed by atoms with Crippen molar-refractivity contribution in [2.45, 2.75) is 44.8 Å². The van der Waals surface area contributed by atoms with Gasteiger partial charge in [0.2, 0.25) is 17.7 Å². The molecular weight excluding hydrogens is 446 g/mol. The Bertz CT molecular complexity index is 994. The molecular formula is C22H31N5O5S. The number of fused-ring (bicyclic) bond motifs is 1. The van der Waals surface area contributed by atoms with E-state index >= 15 is 0 Å². The van der Waals surface area contributed by atoms with Crippen LogP contribution < -0.4 is 21.7 Å². The molecule has 0 aliphatic heterocycles. The van der Waals surface area contributed by atoms with Gasteiger partial charge in [0, 0.05) is 29.3 Å². The SMILES string of the molecule is CCC(C)C(NC(=O)C(Cc1c[nH]c2ccccc12)NC(=O)CNC(=O)C(N)CS)C(=O)O. The van der Waals surface area contributed by atoms with Crippen LogP contribution >= 0.6 is 12.6 Å². The quantitative estimate of drug-likeness (QED) is 0.215. The molecule has 1 heterocycles. The Morgan fingerprint density at radius 2 is 1.85 bits per heavy atom. The molecule has 33 heavy (non-hydrogen) atoms. The minimum Gasteiger partial charge on any atom is -0.480 e. The van der Waals surface area contributed by atoms with E-state index in [9.17, 15) is 24.3 Å². The third-order valence-electron chi connectivity index (χ3n) is 5.48. The highest BCUT2D eigenvalue weighted by Gasteiger charge is 2.30. The number of hydrogen-bond donors (Lipinski definition) is 7. The average molecular weight is 478 g/mol. The Kier molecular flexibility index (Phi) is 9.74. The molecule has 1 aromatic heterocycles. The number of H-pyrrole nitrogens is 1. The van der Waals surface area contributed by atoms with Crippen LogP contribution in [0.5, 0.6) is 0 Å². The topological polar surface area (TPSA) is 166 Å². The molecule has 2 aromatic rings. The first-order chi connectivity index (χ1) is 15.7. The molecule has 10 nitrogen and oxygen atoms in total. The maximum Gasteiger partial charge on any atom is 0.326 e. The van der Waals surface area contributed by atoms with E-state index < -0.39 is 41.8 Å². The minimum absolute atomic E-state index is 0.116. The van der Waals surface area contributed by atoms with E-state index in [4.69, 9.17) is 5.73 Å². The number of thiol groups is 1. The normalized spacial score (nSPS) is 14.7. The van der Waals surface area contributed by atoms with E-state index in [0.717, 1.165) is 16.5 Å². The first-order valence-electron chi connectivity index (χ1n) is 10.7. The number of nitrogens with two attached hydrogens (primary N) is 1. The maximum absolute atomic E-state index is 13.1. The Morgan fingerprint density at radius 1 is 1.15 bits per heavy atom. The highest BCUT2D eigenvalue weighted by atomic mass is 32.1. The number of carbonyl (C=O) groups excluding carboxylic acids is 3. The fourth-order valence-electron chi connectivity index (χ4n) is 3.29. The summed E-state index contributed by atoms with van der Waals surface area (Å²) in [5, 5.41) is 18.0. The van der Waals surface area contributed by atoms with Gasteiger partial charge in [-0.05, 0) is 17.5 Å². The molecule has 0 fully saturated rings. The molecule has 0 aliphatic rings. The van der Waals surface area contributed by atoms with Gasteiger partial charge < -0.3 is 31.8 Å². The number of aromatic nitrogens is 1. The van der Waals surface area contributed by atoms with Crippen LogP contribution in [0, 0.1) is 5.92 Å². The fraction of sp³-hybridized carbons (Fsp3) is 0.455. The first kappa shape index (κ1) is 26.2. The third kappa shape index (κ3) is 7.22. The molecule has 1 aromatic carbocycles. The zero-order valence-electron chi connectivity index (χ0n) is 18.6. The van der Waals surface area contributed by atoms with Gasteiger partial charge in [0.25, 0.3) is 0 Å². The molecule has 4 unspecified atom stereocenters. The predicted molar refractivity (Wildman–Crippen MR) is 128 cm³/mol. The summed E-state index contributed by atoms with van der Waals surface area (Å²) < 4.78 is 0. The van der Waals surface area contributed by atoms with E-state index in [2.05, 4.69) is 33.6 Å². The van der Waals surface area contributed by atoms with Crippen molar-refractivity contribution < 1.29 is 24.3 Å². The lowest BCUT2D eigenvalue weighted by atomic mass is 9.98. The highest BCUT2D eigenvalue weighted by Crippen LogP contribution is 2.19. The summed E-state index contributed by atoms with van der Waals surface area (Å²) in [4.78, 5) is 52.1. The molecule has 2 rings (SSSR count). The summed E-state index contributed by atoms with van der Waals surface area (Å²) in [5.74, 6) is -3.11. The van der Waals surface area contributed by atoms with Gasteiger partial charge in [0.1, 0.15) is 12.1 Å². The van der Waals surface area contributed by atoms with Crippen molar-refractivity contribution in [1.29, 1.82) is 0 Å². The van der Waals surface area contributed by atoms with Gasteiger partial charge in [-0.1, -0.05) is 38.5 Å². The van der Waals surface area contributed by atoms with Crippen molar-refractivity contribution in [2.75, 3.05) is 12.3 Å². The molecule has 4 atom stereocenters.